The van der Waals surface area contributed by atoms with Crippen LogP contribution in [-0.2, 0) is 5.41 Å². The van der Waals surface area contributed by atoms with Crippen molar-refractivity contribution in [3.8, 4) is 5.75 Å². The standard InChI is InChI=1S/C17H20O3/c1-4-17(2,3)13-7-9-14(10-8-13)20-12-15(18)16-6-5-11-19-16/h5-11H,4,12H2,1-3H3. The van der Waals surface area contributed by atoms with E-state index in [0.29, 0.717) is 11.5 Å². The van der Waals surface area contributed by atoms with E-state index >= 15 is 0 Å². The number of carbonyl (C=O) groups excluding carboxylic acids is 1. The van der Waals surface area contributed by atoms with Crippen LogP contribution in [0.5, 0.6) is 5.75 Å². The third-order valence-electron chi connectivity index (χ3n) is 3.69. The molecule has 3 nitrogen and oxygen atoms in total. The van der Waals surface area contributed by atoms with E-state index in [1.54, 1.807) is 12.1 Å². The second kappa shape index (κ2) is 5.95. The molecule has 0 fully saturated rings. The summed E-state index contributed by atoms with van der Waals surface area (Å²) in [6.07, 6.45) is 2.55. The average Bonchev–Trinajstić information content (AvgIpc) is 2.99. The zero-order valence-electron chi connectivity index (χ0n) is 12.2. The van der Waals surface area contributed by atoms with Gasteiger partial charge in [0.15, 0.2) is 12.4 Å². The largest absolute Gasteiger partial charge is 0.485 e. The monoisotopic (exact) mass is 272 g/mol. The van der Waals surface area contributed by atoms with Crippen molar-refractivity contribution in [2.45, 2.75) is 32.6 Å². The number of hydrogen-bond donors (Lipinski definition) is 0. The average molecular weight is 272 g/mol. The minimum atomic E-state index is -0.159. The van der Waals surface area contributed by atoms with Gasteiger partial charge in [0.05, 0.1) is 6.26 Å². The lowest BCUT2D eigenvalue weighted by Crippen LogP contribution is -2.15. The lowest BCUT2D eigenvalue weighted by molar-refractivity contribution is 0.0893. The Hall–Kier alpha value is -2.03. The van der Waals surface area contributed by atoms with Crippen LogP contribution in [-0.4, -0.2) is 12.4 Å². The molecule has 1 aromatic carbocycles. The maximum atomic E-state index is 11.7. The van der Waals surface area contributed by atoms with Crippen molar-refractivity contribution in [2.24, 2.45) is 0 Å². The zero-order valence-corrected chi connectivity index (χ0v) is 12.2. The summed E-state index contributed by atoms with van der Waals surface area (Å²) in [5.74, 6) is 0.863. The number of carbonyl (C=O) groups is 1. The molecule has 20 heavy (non-hydrogen) atoms. The highest BCUT2D eigenvalue weighted by molar-refractivity contribution is 5.94. The van der Waals surface area contributed by atoms with Gasteiger partial charge in [0, 0.05) is 0 Å². The maximum Gasteiger partial charge on any atom is 0.235 e. The molecule has 0 N–H and O–H groups in total. The molecule has 3 heteroatoms. The number of ketones is 1. The summed E-state index contributed by atoms with van der Waals surface area (Å²) in [5, 5.41) is 0. The molecule has 2 aromatic rings. The Bertz CT molecular complexity index is 550. The Morgan fingerprint density at radius 2 is 1.90 bits per heavy atom. The fraction of sp³-hybridized carbons (Fsp3) is 0.353. The Balaban J connectivity index is 1.96. The maximum absolute atomic E-state index is 11.7. The summed E-state index contributed by atoms with van der Waals surface area (Å²) in [5.41, 5.74) is 1.42. The van der Waals surface area contributed by atoms with Crippen LogP contribution in [0.4, 0.5) is 0 Å². The molecule has 0 spiro atoms. The molecule has 0 saturated carbocycles. The number of Topliss-reactive ketones (excluding diaryl/α,β-unsaturated/α-hetero) is 1. The Morgan fingerprint density at radius 3 is 2.45 bits per heavy atom. The molecular formula is C17H20O3. The molecule has 0 radical (unpaired) electrons. The highest BCUT2D eigenvalue weighted by Gasteiger charge is 2.17. The van der Waals surface area contributed by atoms with Crippen molar-refractivity contribution >= 4 is 5.78 Å². The molecule has 1 heterocycles. The smallest absolute Gasteiger partial charge is 0.235 e. The van der Waals surface area contributed by atoms with Crippen molar-refractivity contribution in [2.75, 3.05) is 6.61 Å². The van der Waals surface area contributed by atoms with Gasteiger partial charge < -0.3 is 9.15 Å². The van der Waals surface area contributed by atoms with Crippen molar-refractivity contribution in [1.29, 1.82) is 0 Å². The number of ether oxygens (including phenoxy) is 1. The van der Waals surface area contributed by atoms with Crippen molar-refractivity contribution in [3.05, 3.63) is 54.0 Å². The van der Waals surface area contributed by atoms with Gasteiger partial charge in [0.25, 0.3) is 0 Å². The minimum Gasteiger partial charge on any atom is -0.485 e. The van der Waals surface area contributed by atoms with E-state index in [0.717, 1.165) is 6.42 Å². The molecule has 1 aromatic heterocycles. The molecule has 0 bridgehead atoms. The van der Waals surface area contributed by atoms with Gasteiger partial charge in [-0.3, -0.25) is 4.79 Å². The quantitative estimate of drug-likeness (QED) is 0.739. The first-order chi connectivity index (χ1) is 9.53. The van der Waals surface area contributed by atoms with Gasteiger partial charge >= 0.3 is 0 Å². The van der Waals surface area contributed by atoms with Crippen LogP contribution in [0.25, 0.3) is 0 Å². The fourth-order valence-electron chi connectivity index (χ4n) is 1.86. The van der Waals surface area contributed by atoms with Crippen LogP contribution >= 0.6 is 0 Å². The number of furan rings is 1. The molecule has 0 aliphatic heterocycles. The molecule has 0 aliphatic rings. The molecule has 0 aliphatic carbocycles. The number of rotatable bonds is 6. The Morgan fingerprint density at radius 1 is 1.20 bits per heavy atom. The van der Waals surface area contributed by atoms with E-state index in [1.165, 1.54) is 11.8 Å². The molecule has 0 amide bonds. The summed E-state index contributed by atoms with van der Waals surface area (Å²) >= 11 is 0. The van der Waals surface area contributed by atoms with Gasteiger partial charge in [0.1, 0.15) is 5.75 Å². The van der Waals surface area contributed by atoms with E-state index in [2.05, 4.69) is 32.9 Å². The number of hydrogen-bond acceptors (Lipinski definition) is 3. The van der Waals surface area contributed by atoms with E-state index in [-0.39, 0.29) is 17.8 Å². The topological polar surface area (TPSA) is 39.4 Å². The van der Waals surface area contributed by atoms with Crippen LogP contribution in [0, 0.1) is 0 Å². The third-order valence-corrected chi connectivity index (χ3v) is 3.69. The van der Waals surface area contributed by atoms with Crippen LogP contribution < -0.4 is 4.74 Å². The van der Waals surface area contributed by atoms with Gasteiger partial charge in [-0.1, -0.05) is 32.9 Å². The van der Waals surface area contributed by atoms with Gasteiger partial charge in [-0.2, -0.15) is 0 Å². The summed E-state index contributed by atoms with van der Waals surface area (Å²) in [6.45, 7) is 6.59. The lowest BCUT2D eigenvalue weighted by atomic mass is 9.82. The second-order valence-corrected chi connectivity index (χ2v) is 5.45. The van der Waals surface area contributed by atoms with E-state index in [1.807, 2.05) is 12.1 Å². The first kappa shape index (κ1) is 14.4. The SMILES string of the molecule is CCC(C)(C)c1ccc(OCC(=O)c2ccco2)cc1. The van der Waals surface area contributed by atoms with Crippen LogP contribution in [0.2, 0.25) is 0 Å². The van der Waals surface area contributed by atoms with Crippen molar-refractivity contribution in [3.63, 3.8) is 0 Å². The molecule has 0 atom stereocenters. The van der Waals surface area contributed by atoms with Gasteiger partial charge in [-0.15, -0.1) is 0 Å². The van der Waals surface area contributed by atoms with Gasteiger partial charge in [-0.25, -0.2) is 0 Å². The number of benzene rings is 1. The van der Waals surface area contributed by atoms with Crippen LogP contribution in [0.3, 0.4) is 0 Å². The van der Waals surface area contributed by atoms with E-state index in [9.17, 15) is 4.79 Å². The molecular weight excluding hydrogens is 252 g/mol. The predicted octanol–water partition coefficient (Wildman–Crippen LogP) is 4.23. The van der Waals surface area contributed by atoms with Gasteiger partial charge in [-0.05, 0) is 41.7 Å². The van der Waals surface area contributed by atoms with Gasteiger partial charge in [0.2, 0.25) is 5.78 Å². The molecule has 0 unspecified atom stereocenters. The third kappa shape index (κ3) is 3.29. The highest BCUT2D eigenvalue weighted by Crippen LogP contribution is 2.28. The van der Waals surface area contributed by atoms with E-state index < -0.39 is 0 Å². The first-order valence-corrected chi connectivity index (χ1v) is 6.83. The summed E-state index contributed by atoms with van der Waals surface area (Å²) < 4.78 is 10.5. The fourth-order valence-corrected chi connectivity index (χ4v) is 1.86. The highest BCUT2D eigenvalue weighted by atomic mass is 16.5. The lowest BCUT2D eigenvalue weighted by Gasteiger charge is -2.23. The van der Waals surface area contributed by atoms with Crippen LogP contribution in [0.1, 0.15) is 43.3 Å². The minimum absolute atomic E-state index is 0.00989. The molecule has 0 saturated heterocycles. The summed E-state index contributed by atoms with van der Waals surface area (Å²) in [7, 11) is 0. The summed E-state index contributed by atoms with van der Waals surface area (Å²) in [4.78, 5) is 11.7. The summed E-state index contributed by atoms with van der Waals surface area (Å²) in [6, 6.07) is 11.2. The Kier molecular flexibility index (Phi) is 4.28. The van der Waals surface area contributed by atoms with E-state index in [4.69, 9.17) is 9.15 Å². The zero-order chi connectivity index (χ0) is 14.6. The van der Waals surface area contributed by atoms with Crippen LogP contribution in [0.15, 0.2) is 47.1 Å². The second-order valence-electron chi connectivity index (χ2n) is 5.45. The first-order valence-electron chi connectivity index (χ1n) is 6.83. The van der Waals surface area contributed by atoms with Crippen molar-refractivity contribution < 1.29 is 13.9 Å². The normalized spacial score (nSPS) is 11.3. The predicted molar refractivity (Wildman–Crippen MR) is 78.3 cm³/mol. The molecule has 106 valence electrons. The van der Waals surface area contributed by atoms with Crippen molar-refractivity contribution in [1.82, 2.24) is 0 Å². The Labute approximate surface area is 119 Å². The molecule has 2 rings (SSSR count).